The second-order valence-electron chi connectivity index (χ2n) is 7.53. The molecule has 0 radical (unpaired) electrons. The highest BCUT2D eigenvalue weighted by molar-refractivity contribution is 7.91. The summed E-state index contributed by atoms with van der Waals surface area (Å²) in [5.41, 5.74) is 0.0255. The Morgan fingerprint density at radius 2 is 1.83 bits per heavy atom. The van der Waals surface area contributed by atoms with Crippen LogP contribution in [0.3, 0.4) is 0 Å². The second-order valence-corrected chi connectivity index (χ2v) is 9.49. The third-order valence-electron chi connectivity index (χ3n) is 3.98. The number of hydrogen-bond acceptors (Lipinski definition) is 4. The molecule has 0 aromatic heterocycles. The van der Waals surface area contributed by atoms with Crippen molar-refractivity contribution in [2.45, 2.75) is 63.2 Å². The molecule has 0 unspecified atom stereocenters. The minimum Gasteiger partial charge on any atom is -0.488 e. The first kappa shape index (κ1) is 17.2. The molecule has 2 saturated carbocycles. The Labute approximate surface area is 141 Å². The normalized spacial score (nSPS) is 18.3. The van der Waals surface area contributed by atoms with E-state index in [4.69, 9.17) is 4.74 Å². The van der Waals surface area contributed by atoms with Crippen molar-refractivity contribution < 1.29 is 22.3 Å². The van der Waals surface area contributed by atoms with Crippen LogP contribution in [0.15, 0.2) is 12.1 Å². The molecule has 0 spiro atoms. The van der Waals surface area contributed by atoms with Gasteiger partial charge in [0.1, 0.15) is 17.2 Å². The van der Waals surface area contributed by atoms with Gasteiger partial charge in [-0.1, -0.05) is 0 Å². The van der Waals surface area contributed by atoms with Crippen molar-refractivity contribution in [2.75, 3.05) is 0 Å². The van der Waals surface area contributed by atoms with Gasteiger partial charge in [0.25, 0.3) is 5.91 Å². The Kier molecular flexibility index (Phi) is 4.10. The summed E-state index contributed by atoms with van der Waals surface area (Å²) in [6.07, 6.45) is 2.98. The minimum absolute atomic E-state index is 0.231. The Balaban J connectivity index is 1.91. The van der Waals surface area contributed by atoms with E-state index in [0.29, 0.717) is 18.6 Å². The van der Waals surface area contributed by atoms with Gasteiger partial charge in [-0.15, -0.1) is 0 Å². The summed E-state index contributed by atoms with van der Waals surface area (Å²) in [5, 5.41) is -0.532. The van der Waals surface area contributed by atoms with Crippen LogP contribution >= 0.6 is 0 Å². The monoisotopic (exact) mass is 355 g/mol. The molecule has 0 atom stereocenters. The fraction of sp³-hybridized carbons (Fsp3) is 0.588. The Bertz CT molecular complexity index is 775. The van der Waals surface area contributed by atoms with Crippen molar-refractivity contribution in [2.24, 2.45) is 0 Å². The standard InChI is InChI=1S/C17H22FNO4S/c1-17(2,3)23-15-9-14(18)13(8-12(15)10-4-5-10)16(20)19-24(21,22)11-6-7-11/h8-11H,4-7H2,1-3H3,(H,19,20). The minimum atomic E-state index is -3.71. The van der Waals surface area contributed by atoms with Crippen molar-refractivity contribution >= 4 is 15.9 Å². The summed E-state index contributed by atoms with van der Waals surface area (Å²) in [5.74, 6) is -1.04. The van der Waals surface area contributed by atoms with E-state index >= 15 is 0 Å². The van der Waals surface area contributed by atoms with E-state index in [0.717, 1.165) is 18.4 Å². The van der Waals surface area contributed by atoms with Gasteiger partial charge in [0, 0.05) is 6.07 Å². The van der Waals surface area contributed by atoms with Crippen molar-refractivity contribution in [1.29, 1.82) is 0 Å². The predicted octanol–water partition coefficient (Wildman–Crippen LogP) is 3.10. The van der Waals surface area contributed by atoms with Gasteiger partial charge in [0.15, 0.2) is 0 Å². The van der Waals surface area contributed by atoms with Crippen molar-refractivity contribution in [3.63, 3.8) is 0 Å². The number of benzene rings is 1. The van der Waals surface area contributed by atoms with Crippen LogP contribution in [0.4, 0.5) is 4.39 Å². The van der Waals surface area contributed by atoms with E-state index in [2.05, 4.69) is 0 Å². The number of rotatable bonds is 5. The average molecular weight is 355 g/mol. The molecule has 1 N–H and O–H groups in total. The summed E-state index contributed by atoms with van der Waals surface area (Å²) in [7, 11) is -3.71. The zero-order chi connectivity index (χ0) is 17.7. The lowest BCUT2D eigenvalue weighted by Gasteiger charge is -2.24. The van der Waals surface area contributed by atoms with E-state index < -0.39 is 32.6 Å². The number of sulfonamides is 1. The summed E-state index contributed by atoms with van der Waals surface area (Å²) < 4.78 is 46.0. The van der Waals surface area contributed by atoms with Crippen molar-refractivity contribution in [3.05, 3.63) is 29.1 Å². The lowest BCUT2D eigenvalue weighted by molar-refractivity contribution is 0.0977. The molecule has 2 aliphatic rings. The second kappa shape index (κ2) is 5.72. The van der Waals surface area contributed by atoms with Crippen LogP contribution in [0, 0.1) is 5.82 Å². The molecule has 2 fully saturated rings. The molecule has 2 aliphatic carbocycles. The SMILES string of the molecule is CC(C)(C)Oc1cc(F)c(C(=O)NS(=O)(=O)C2CC2)cc1C1CC1. The van der Waals surface area contributed by atoms with Crippen LogP contribution in [0.25, 0.3) is 0 Å². The third-order valence-corrected chi connectivity index (χ3v) is 5.79. The van der Waals surface area contributed by atoms with Crippen LogP contribution in [0.5, 0.6) is 5.75 Å². The molecule has 3 rings (SSSR count). The maximum atomic E-state index is 14.4. The number of halogens is 1. The van der Waals surface area contributed by atoms with E-state index in [9.17, 15) is 17.6 Å². The number of ether oxygens (including phenoxy) is 1. The topological polar surface area (TPSA) is 72.5 Å². The molecule has 0 heterocycles. The molecule has 24 heavy (non-hydrogen) atoms. The van der Waals surface area contributed by atoms with Gasteiger partial charge >= 0.3 is 0 Å². The molecule has 1 amide bonds. The molecule has 0 aliphatic heterocycles. The van der Waals surface area contributed by atoms with Gasteiger partial charge in [0.05, 0.1) is 10.8 Å². The first-order valence-electron chi connectivity index (χ1n) is 8.15. The molecule has 0 saturated heterocycles. The largest absolute Gasteiger partial charge is 0.488 e. The number of amides is 1. The summed E-state index contributed by atoms with van der Waals surface area (Å²) in [4.78, 5) is 12.2. The van der Waals surface area contributed by atoms with Crippen molar-refractivity contribution in [1.82, 2.24) is 4.72 Å². The molecule has 132 valence electrons. The average Bonchev–Trinajstić information content (AvgIpc) is 3.28. The first-order valence-corrected chi connectivity index (χ1v) is 9.70. The zero-order valence-electron chi connectivity index (χ0n) is 14.1. The fourth-order valence-corrected chi connectivity index (χ4v) is 3.81. The summed E-state index contributed by atoms with van der Waals surface area (Å²) in [6.45, 7) is 5.60. The molecule has 0 bridgehead atoms. The van der Waals surface area contributed by atoms with Gasteiger partial charge in [-0.25, -0.2) is 17.5 Å². The lowest BCUT2D eigenvalue weighted by Crippen LogP contribution is -2.34. The Morgan fingerprint density at radius 1 is 1.21 bits per heavy atom. The van der Waals surface area contributed by atoms with E-state index in [1.807, 2.05) is 25.5 Å². The summed E-state index contributed by atoms with van der Waals surface area (Å²) in [6, 6.07) is 2.63. The van der Waals surface area contributed by atoms with Crippen LogP contribution < -0.4 is 9.46 Å². The number of nitrogens with one attached hydrogen (secondary N) is 1. The van der Waals surface area contributed by atoms with Crippen LogP contribution in [-0.2, 0) is 10.0 Å². The van der Waals surface area contributed by atoms with Crippen LogP contribution in [0.1, 0.15) is 68.3 Å². The smallest absolute Gasteiger partial charge is 0.267 e. The van der Waals surface area contributed by atoms with Gasteiger partial charge in [-0.05, 0) is 64.0 Å². The Hall–Kier alpha value is -1.63. The fourth-order valence-electron chi connectivity index (χ4n) is 2.52. The lowest BCUT2D eigenvalue weighted by atomic mass is 10.0. The highest BCUT2D eigenvalue weighted by Crippen LogP contribution is 2.45. The van der Waals surface area contributed by atoms with E-state index in [-0.39, 0.29) is 11.5 Å². The number of carbonyl (C=O) groups excluding carboxylic acids is 1. The molecule has 1 aromatic rings. The number of hydrogen-bond donors (Lipinski definition) is 1. The molecule has 7 heteroatoms. The maximum absolute atomic E-state index is 14.4. The van der Waals surface area contributed by atoms with Gasteiger partial charge in [-0.2, -0.15) is 0 Å². The number of carbonyl (C=O) groups is 1. The highest BCUT2D eigenvalue weighted by atomic mass is 32.2. The molecular weight excluding hydrogens is 333 g/mol. The van der Waals surface area contributed by atoms with Gasteiger partial charge in [-0.3, -0.25) is 4.79 Å². The van der Waals surface area contributed by atoms with Crippen LogP contribution in [-0.4, -0.2) is 25.2 Å². The van der Waals surface area contributed by atoms with Crippen LogP contribution in [0.2, 0.25) is 0 Å². The molecular formula is C17H22FNO4S. The first-order chi connectivity index (χ1) is 11.1. The maximum Gasteiger partial charge on any atom is 0.267 e. The summed E-state index contributed by atoms with van der Waals surface area (Å²) >= 11 is 0. The molecule has 1 aromatic carbocycles. The van der Waals surface area contributed by atoms with Gasteiger partial charge < -0.3 is 4.74 Å². The highest BCUT2D eigenvalue weighted by Gasteiger charge is 2.38. The van der Waals surface area contributed by atoms with E-state index in [1.165, 1.54) is 12.1 Å². The quantitative estimate of drug-likeness (QED) is 0.881. The predicted molar refractivity (Wildman–Crippen MR) is 88.2 cm³/mol. The van der Waals surface area contributed by atoms with E-state index in [1.54, 1.807) is 0 Å². The zero-order valence-corrected chi connectivity index (χ0v) is 14.9. The van der Waals surface area contributed by atoms with Gasteiger partial charge in [0.2, 0.25) is 10.0 Å². The third kappa shape index (κ3) is 3.88. The Morgan fingerprint density at radius 3 is 2.33 bits per heavy atom. The molecule has 5 nitrogen and oxygen atoms in total. The van der Waals surface area contributed by atoms with Crippen molar-refractivity contribution in [3.8, 4) is 5.75 Å².